The second kappa shape index (κ2) is 15.9. The summed E-state index contributed by atoms with van der Waals surface area (Å²) in [7, 11) is 3.60. The molecule has 1 aromatic rings. The summed E-state index contributed by atoms with van der Waals surface area (Å²) in [5.74, 6) is -0.403. The number of hydrogen-bond acceptors (Lipinski definition) is 6. The van der Waals surface area contributed by atoms with Crippen molar-refractivity contribution in [3.8, 4) is 5.75 Å². The molecule has 38 heavy (non-hydrogen) atoms. The molecule has 0 bridgehead atoms. The van der Waals surface area contributed by atoms with E-state index in [-0.39, 0.29) is 17.0 Å². The Kier molecular flexibility index (Phi) is 13.7. The number of fused-ring (bicyclic) bond motifs is 1. The first-order valence-electron chi connectivity index (χ1n) is 13.5. The lowest BCUT2D eigenvalue weighted by Gasteiger charge is -2.34. The first-order chi connectivity index (χ1) is 18.1. The Hall–Kier alpha value is -3.26. The van der Waals surface area contributed by atoms with Crippen molar-refractivity contribution in [2.75, 3.05) is 27.2 Å². The van der Waals surface area contributed by atoms with Crippen molar-refractivity contribution in [1.29, 1.82) is 5.41 Å². The number of aromatic hydroxyl groups is 1. The van der Waals surface area contributed by atoms with E-state index in [0.29, 0.717) is 37.5 Å². The summed E-state index contributed by atoms with van der Waals surface area (Å²) in [6.45, 7) is 16.4. The molecule has 2 aliphatic rings. The van der Waals surface area contributed by atoms with Gasteiger partial charge in [-0.05, 0) is 55.5 Å². The predicted octanol–water partition coefficient (Wildman–Crippen LogP) is 5.04. The molecule has 3 N–H and O–H groups in total. The molecule has 1 aromatic heterocycles. The molecule has 1 atom stereocenters. The van der Waals surface area contributed by atoms with E-state index in [1.54, 1.807) is 11.6 Å². The van der Waals surface area contributed by atoms with Gasteiger partial charge >= 0.3 is 5.56 Å². The Balaban J connectivity index is 0.00000110. The minimum Gasteiger partial charge on any atom is -0.501 e. The van der Waals surface area contributed by atoms with Crippen LogP contribution in [-0.2, 0) is 13.0 Å². The molecule has 0 fully saturated rings. The number of unbranched alkanes of at least 4 members (excludes halogenated alkanes) is 1. The molecule has 1 amide bonds. The van der Waals surface area contributed by atoms with Crippen LogP contribution in [0.2, 0.25) is 0 Å². The van der Waals surface area contributed by atoms with E-state index in [9.17, 15) is 14.7 Å². The largest absolute Gasteiger partial charge is 0.501 e. The highest BCUT2D eigenvalue weighted by Crippen LogP contribution is 2.39. The molecule has 0 saturated carbocycles. The van der Waals surface area contributed by atoms with Crippen LogP contribution in [-0.4, -0.2) is 58.4 Å². The van der Waals surface area contributed by atoms with Crippen LogP contribution in [0.25, 0.3) is 0 Å². The van der Waals surface area contributed by atoms with Gasteiger partial charge < -0.3 is 25.3 Å². The minimum absolute atomic E-state index is 0.0343. The van der Waals surface area contributed by atoms with E-state index in [1.807, 2.05) is 20.0 Å². The van der Waals surface area contributed by atoms with E-state index < -0.39 is 11.3 Å². The monoisotopic (exact) mass is 525 g/mol. The fourth-order valence-electron chi connectivity index (χ4n) is 4.44. The molecule has 3 rings (SSSR count). The van der Waals surface area contributed by atoms with E-state index in [1.165, 1.54) is 4.90 Å². The molecule has 0 spiro atoms. The summed E-state index contributed by atoms with van der Waals surface area (Å²) in [5.41, 5.74) is 1.58. The van der Waals surface area contributed by atoms with Crippen LogP contribution in [0.1, 0.15) is 76.1 Å². The number of carbonyl (C=O) groups is 1. The lowest BCUT2D eigenvalue weighted by Crippen LogP contribution is -2.41. The van der Waals surface area contributed by atoms with Gasteiger partial charge in [-0.1, -0.05) is 58.8 Å². The molecule has 0 saturated heterocycles. The summed E-state index contributed by atoms with van der Waals surface area (Å²) in [4.78, 5) is 30.9. The second-order valence-corrected chi connectivity index (χ2v) is 9.69. The third-order valence-corrected chi connectivity index (χ3v) is 6.91. The van der Waals surface area contributed by atoms with Gasteiger partial charge in [-0.3, -0.25) is 9.59 Å². The van der Waals surface area contributed by atoms with Gasteiger partial charge in [0.05, 0.1) is 0 Å². The number of allylic oxidation sites excluding steroid dienone is 6. The van der Waals surface area contributed by atoms with Gasteiger partial charge in [0, 0.05) is 32.3 Å². The molecular weight excluding hydrogens is 478 g/mol. The summed E-state index contributed by atoms with van der Waals surface area (Å²) < 4.78 is 1.72. The maximum Gasteiger partial charge on any atom is 0.315 e. The first kappa shape index (κ1) is 32.8. The number of rotatable bonds is 9. The maximum atomic E-state index is 12.7. The smallest absolute Gasteiger partial charge is 0.315 e. The fraction of sp³-hybridized carbons (Fsp3) is 0.533. The molecule has 8 nitrogen and oxygen atoms in total. The highest BCUT2D eigenvalue weighted by molar-refractivity contribution is 6.00. The van der Waals surface area contributed by atoms with Crippen LogP contribution in [0.5, 0.6) is 5.75 Å². The van der Waals surface area contributed by atoms with E-state index in [4.69, 9.17) is 5.41 Å². The lowest BCUT2D eigenvalue weighted by molar-refractivity contribution is 0.0737. The van der Waals surface area contributed by atoms with E-state index in [0.717, 1.165) is 43.4 Å². The van der Waals surface area contributed by atoms with Gasteiger partial charge in [0.1, 0.15) is 5.82 Å². The Morgan fingerprint density at radius 1 is 1.24 bits per heavy atom. The summed E-state index contributed by atoms with van der Waals surface area (Å²) >= 11 is 0. The highest BCUT2D eigenvalue weighted by atomic mass is 16.3. The molecule has 1 unspecified atom stereocenters. The van der Waals surface area contributed by atoms with E-state index >= 15 is 0 Å². The number of nitrogens with one attached hydrogen (secondary N) is 2. The number of likely N-dealkylation sites (N-methyl/N-ethyl adjacent to an activating group) is 1. The van der Waals surface area contributed by atoms with Gasteiger partial charge in [-0.2, -0.15) is 4.98 Å². The number of aromatic nitrogens is 2. The van der Waals surface area contributed by atoms with Gasteiger partial charge in [0.2, 0.25) is 5.75 Å². The van der Waals surface area contributed by atoms with Crippen LogP contribution in [0.4, 0.5) is 0 Å². The normalized spacial score (nSPS) is 15.9. The molecule has 1 aliphatic heterocycles. The Labute approximate surface area is 228 Å². The SMILES string of the molecule is C=C.CCCCC(C)(Cc1nc(=O)c(O)c2n1CCN(C)C2=O)C1=CCC=CC(C(=N)CC)=C1.CCNC. The number of carbonyl (C=O) groups excluding carboxylic acids is 1. The van der Waals surface area contributed by atoms with Crippen molar-refractivity contribution in [1.82, 2.24) is 19.8 Å². The van der Waals surface area contributed by atoms with Crippen molar-refractivity contribution in [3.05, 3.63) is 70.5 Å². The Morgan fingerprint density at radius 2 is 1.89 bits per heavy atom. The molecule has 8 heteroatoms. The highest BCUT2D eigenvalue weighted by Gasteiger charge is 2.34. The quantitative estimate of drug-likeness (QED) is 0.309. The van der Waals surface area contributed by atoms with E-state index in [2.05, 4.69) is 62.5 Å². The topological polar surface area (TPSA) is 111 Å². The zero-order chi connectivity index (χ0) is 28.9. The van der Waals surface area contributed by atoms with Gasteiger partial charge in [0.25, 0.3) is 5.91 Å². The van der Waals surface area contributed by atoms with Crippen molar-refractivity contribution in [3.63, 3.8) is 0 Å². The standard InChI is InChI=1S/C25H34N4O3.C3H9N.C2H4/c1-5-7-12-25(3,18-11-9-8-10-17(15-18)19(26)6-2)16-20-27-23(31)22(30)21-24(32)28(4)13-14-29(20)21;1-3-4-2;1-2/h8,10-11,15,26,30H,5-7,9,12-14,16H2,1-4H3;4H,3H2,1-2H3;1-2H2. The van der Waals surface area contributed by atoms with Crippen LogP contribution in [0, 0.1) is 10.8 Å². The molecule has 2 heterocycles. The predicted molar refractivity (Wildman–Crippen MR) is 157 cm³/mol. The molecule has 0 radical (unpaired) electrons. The minimum atomic E-state index is -0.756. The number of nitrogens with zero attached hydrogens (tertiary/aromatic N) is 3. The van der Waals surface area contributed by atoms with Crippen molar-refractivity contribution in [2.45, 2.75) is 72.8 Å². The zero-order valence-electron chi connectivity index (χ0n) is 24.2. The number of amides is 1. The maximum absolute atomic E-state index is 12.7. The summed E-state index contributed by atoms with van der Waals surface area (Å²) in [6.07, 6.45) is 13.2. The van der Waals surface area contributed by atoms with Crippen molar-refractivity contribution < 1.29 is 9.90 Å². The molecular formula is C30H47N5O3. The van der Waals surface area contributed by atoms with Crippen LogP contribution in [0.3, 0.4) is 0 Å². The van der Waals surface area contributed by atoms with Gasteiger partial charge in [0.15, 0.2) is 5.69 Å². The average molecular weight is 526 g/mol. The van der Waals surface area contributed by atoms with Gasteiger partial charge in [-0.25, -0.2) is 0 Å². The Morgan fingerprint density at radius 3 is 2.47 bits per heavy atom. The van der Waals surface area contributed by atoms with Gasteiger partial charge in [-0.15, -0.1) is 13.2 Å². The second-order valence-electron chi connectivity index (χ2n) is 9.69. The Bertz CT molecular complexity index is 1110. The first-order valence-corrected chi connectivity index (χ1v) is 13.5. The fourth-order valence-corrected chi connectivity index (χ4v) is 4.44. The third kappa shape index (κ3) is 8.12. The molecule has 0 aromatic carbocycles. The van der Waals surface area contributed by atoms with Crippen LogP contribution in [0.15, 0.2) is 53.4 Å². The van der Waals surface area contributed by atoms with Crippen molar-refractivity contribution >= 4 is 11.6 Å². The number of hydrogen-bond donors (Lipinski definition) is 3. The lowest BCUT2D eigenvalue weighted by atomic mass is 9.73. The average Bonchev–Trinajstić information content (AvgIpc) is 3.20. The van der Waals surface area contributed by atoms with Crippen LogP contribution < -0.4 is 10.9 Å². The zero-order valence-corrected chi connectivity index (χ0v) is 24.2. The molecule has 210 valence electrons. The summed E-state index contributed by atoms with van der Waals surface area (Å²) in [5, 5.41) is 21.6. The third-order valence-electron chi connectivity index (χ3n) is 6.91. The van der Waals surface area contributed by atoms with Crippen molar-refractivity contribution in [2.24, 2.45) is 5.41 Å². The summed E-state index contributed by atoms with van der Waals surface area (Å²) in [6, 6.07) is 0. The molecule has 1 aliphatic carbocycles. The van der Waals surface area contributed by atoms with Crippen LogP contribution >= 0.6 is 0 Å².